The number of alkyl halides is 3. The molecule has 0 radical (unpaired) electrons. The van der Waals surface area contributed by atoms with Gasteiger partial charge in [-0.05, 0) is 28.9 Å². The number of rotatable bonds is 2. The van der Waals surface area contributed by atoms with Gasteiger partial charge in [0.1, 0.15) is 0 Å². The van der Waals surface area contributed by atoms with Gasteiger partial charge in [-0.25, -0.2) is 0 Å². The number of hydrogen-bond donors (Lipinski definition) is 0. The van der Waals surface area contributed by atoms with Gasteiger partial charge in [0.15, 0.2) is 5.69 Å². The van der Waals surface area contributed by atoms with Crippen LogP contribution in [0, 0.1) is 6.92 Å². The monoisotopic (exact) mass is 322 g/mol. The molecule has 0 aliphatic rings. The van der Waals surface area contributed by atoms with E-state index in [1.807, 2.05) is 6.92 Å². The van der Waals surface area contributed by atoms with Crippen molar-refractivity contribution in [3.63, 3.8) is 0 Å². The summed E-state index contributed by atoms with van der Waals surface area (Å²) in [5.74, 6) is 0. The Bertz CT molecular complexity index is 570. The fraction of sp³-hybridized carbons (Fsp3) is 0.400. The Morgan fingerprint density at radius 2 is 2.00 bits per heavy atom. The molecule has 2 rings (SSSR count). The first-order valence-corrected chi connectivity index (χ1v) is 5.87. The average Bonchev–Trinajstić information content (AvgIpc) is 2.80. The molecular formula is C10H10BrF3N4. The molecule has 8 heteroatoms. The Balaban J connectivity index is 2.27. The van der Waals surface area contributed by atoms with E-state index in [0.29, 0.717) is 0 Å². The maximum Gasteiger partial charge on any atom is 0.435 e. The summed E-state index contributed by atoms with van der Waals surface area (Å²) in [6.07, 6.45) is -3.11. The largest absolute Gasteiger partial charge is 0.435 e. The predicted molar refractivity (Wildman–Crippen MR) is 62.0 cm³/mol. The van der Waals surface area contributed by atoms with E-state index in [2.05, 4.69) is 26.1 Å². The standard InChI is InChI=1S/C10H10BrF3N4/c1-6-9(11)7(17(2)15-6)5-18-4-3-8(16-18)10(12,13)14/h3-4H,5H2,1-2H3. The van der Waals surface area contributed by atoms with Crippen LogP contribution in [0.3, 0.4) is 0 Å². The summed E-state index contributed by atoms with van der Waals surface area (Å²) >= 11 is 3.36. The number of nitrogens with zero attached hydrogens (tertiary/aromatic N) is 4. The second kappa shape index (κ2) is 4.42. The molecule has 0 atom stereocenters. The third kappa shape index (κ3) is 2.43. The van der Waals surface area contributed by atoms with E-state index in [9.17, 15) is 13.2 Å². The summed E-state index contributed by atoms with van der Waals surface area (Å²) in [6.45, 7) is 2.05. The van der Waals surface area contributed by atoms with E-state index < -0.39 is 11.9 Å². The van der Waals surface area contributed by atoms with Crippen molar-refractivity contribution in [2.24, 2.45) is 7.05 Å². The number of halogens is 4. The molecule has 0 saturated carbocycles. The van der Waals surface area contributed by atoms with Crippen LogP contribution in [-0.2, 0) is 19.8 Å². The first-order valence-electron chi connectivity index (χ1n) is 5.07. The lowest BCUT2D eigenvalue weighted by Gasteiger charge is -2.04. The van der Waals surface area contributed by atoms with Crippen molar-refractivity contribution in [2.45, 2.75) is 19.6 Å². The lowest BCUT2D eigenvalue weighted by Crippen LogP contribution is -2.10. The highest BCUT2D eigenvalue weighted by Crippen LogP contribution is 2.27. The van der Waals surface area contributed by atoms with Gasteiger partial charge >= 0.3 is 6.18 Å². The highest BCUT2D eigenvalue weighted by Gasteiger charge is 2.33. The first-order chi connectivity index (χ1) is 8.29. The molecule has 0 saturated heterocycles. The fourth-order valence-electron chi connectivity index (χ4n) is 1.61. The molecule has 0 fully saturated rings. The lowest BCUT2D eigenvalue weighted by molar-refractivity contribution is -0.141. The average molecular weight is 323 g/mol. The van der Waals surface area contributed by atoms with Gasteiger partial charge in [-0.15, -0.1) is 0 Å². The Morgan fingerprint density at radius 3 is 2.44 bits per heavy atom. The normalized spacial score (nSPS) is 12.1. The molecule has 0 unspecified atom stereocenters. The van der Waals surface area contributed by atoms with Crippen LogP contribution in [0.2, 0.25) is 0 Å². The zero-order valence-corrected chi connectivity index (χ0v) is 11.2. The van der Waals surface area contributed by atoms with Crippen LogP contribution in [0.15, 0.2) is 16.7 Å². The molecule has 0 aliphatic heterocycles. The summed E-state index contributed by atoms with van der Waals surface area (Å²) in [5.41, 5.74) is 0.664. The van der Waals surface area contributed by atoms with E-state index in [1.54, 1.807) is 11.7 Å². The molecule has 0 amide bonds. The molecule has 4 nitrogen and oxygen atoms in total. The summed E-state index contributed by atoms with van der Waals surface area (Å²) in [7, 11) is 1.74. The zero-order valence-electron chi connectivity index (χ0n) is 9.66. The Hall–Kier alpha value is -1.31. The molecule has 2 heterocycles. The van der Waals surface area contributed by atoms with E-state index >= 15 is 0 Å². The highest BCUT2D eigenvalue weighted by molar-refractivity contribution is 9.10. The van der Waals surface area contributed by atoms with Crippen molar-refractivity contribution in [3.8, 4) is 0 Å². The van der Waals surface area contributed by atoms with E-state index in [0.717, 1.165) is 21.9 Å². The second-order valence-electron chi connectivity index (χ2n) is 3.87. The SMILES string of the molecule is Cc1nn(C)c(Cn2ccc(C(F)(F)F)n2)c1Br. The van der Waals surface area contributed by atoms with Crippen molar-refractivity contribution >= 4 is 15.9 Å². The van der Waals surface area contributed by atoms with Gasteiger partial charge in [0.25, 0.3) is 0 Å². The van der Waals surface area contributed by atoms with Gasteiger partial charge in [0.2, 0.25) is 0 Å². The highest BCUT2D eigenvalue weighted by atomic mass is 79.9. The third-order valence-corrected chi connectivity index (χ3v) is 3.54. The second-order valence-corrected chi connectivity index (χ2v) is 4.66. The topological polar surface area (TPSA) is 35.6 Å². The van der Waals surface area contributed by atoms with Crippen LogP contribution in [-0.4, -0.2) is 19.6 Å². The molecule has 0 aromatic carbocycles. The van der Waals surface area contributed by atoms with Crippen molar-refractivity contribution in [1.29, 1.82) is 0 Å². The summed E-state index contributed by atoms with van der Waals surface area (Å²) in [6, 6.07) is 0.955. The van der Waals surface area contributed by atoms with Gasteiger partial charge in [-0.3, -0.25) is 9.36 Å². The Morgan fingerprint density at radius 1 is 1.33 bits per heavy atom. The lowest BCUT2D eigenvalue weighted by atomic mass is 10.3. The van der Waals surface area contributed by atoms with Crippen molar-refractivity contribution < 1.29 is 13.2 Å². The van der Waals surface area contributed by atoms with E-state index in [4.69, 9.17) is 0 Å². The van der Waals surface area contributed by atoms with Crippen molar-refractivity contribution in [1.82, 2.24) is 19.6 Å². The van der Waals surface area contributed by atoms with Crippen molar-refractivity contribution in [3.05, 3.63) is 33.8 Å². The van der Waals surface area contributed by atoms with E-state index in [-0.39, 0.29) is 6.54 Å². The smallest absolute Gasteiger partial charge is 0.269 e. The minimum absolute atomic E-state index is 0.230. The molecule has 18 heavy (non-hydrogen) atoms. The number of aryl methyl sites for hydroxylation is 2. The molecule has 98 valence electrons. The molecular weight excluding hydrogens is 313 g/mol. The Labute approximate surface area is 110 Å². The predicted octanol–water partition coefficient (Wildman–Crippen LogP) is 2.75. The van der Waals surface area contributed by atoms with Gasteiger partial charge < -0.3 is 0 Å². The summed E-state index contributed by atoms with van der Waals surface area (Å²) < 4.78 is 40.8. The molecule has 2 aromatic rings. The molecule has 0 bridgehead atoms. The van der Waals surface area contributed by atoms with Crippen LogP contribution in [0.1, 0.15) is 17.1 Å². The minimum Gasteiger partial charge on any atom is -0.269 e. The fourth-order valence-corrected chi connectivity index (χ4v) is 2.07. The molecule has 0 aliphatic carbocycles. The maximum atomic E-state index is 12.4. The molecule has 2 aromatic heterocycles. The van der Waals surface area contributed by atoms with Crippen LogP contribution in [0.25, 0.3) is 0 Å². The van der Waals surface area contributed by atoms with Gasteiger partial charge in [0, 0.05) is 13.2 Å². The quantitative estimate of drug-likeness (QED) is 0.852. The van der Waals surface area contributed by atoms with Gasteiger partial charge in [-0.2, -0.15) is 23.4 Å². The summed E-state index contributed by atoms with van der Waals surface area (Å²) in [4.78, 5) is 0. The molecule has 0 N–H and O–H groups in total. The third-order valence-electron chi connectivity index (χ3n) is 2.50. The van der Waals surface area contributed by atoms with Gasteiger partial charge in [0.05, 0.1) is 22.4 Å². The van der Waals surface area contributed by atoms with Gasteiger partial charge in [-0.1, -0.05) is 0 Å². The number of hydrogen-bond acceptors (Lipinski definition) is 2. The molecule has 0 spiro atoms. The van der Waals surface area contributed by atoms with Crippen LogP contribution in [0.4, 0.5) is 13.2 Å². The maximum absolute atomic E-state index is 12.4. The first kappa shape index (κ1) is 13.1. The minimum atomic E-state index is -4.41. The van der Waals surface area contributed by atoms with Crippen LogP contribution >= 0.6 is 15.9 Å². The Kier molecular flexibility index (Phi) is 3.22. The summed E-state index contributed by atoms with van der Waals surface area (Å²) in [5, 5.41) is 7.67. The van der Waals surface area contributed by atoms with E-state index in [1.165, 1.54) is 10.9 Å². The van der Waals surface area contributed by atoms with Crippen LogP contribution < -0.4 is 0 Å². The van der Waals surface area contributed by atoms with Crippen molar-refractivity contribution in [2.75, 3.05) is 0 Å². The number of aromatic nitrogens is 4. The van der Waals surface area contributed by atoms with Crippen LogP contribution in [0.5, 0.6) is 0 Å². The zero-order chi connectivity index (χ0) is 13.5.